The van der Waals surface area contributed by atoms with Crippen molar-refractivity contribution in [3.63, 3.8) is 0 Å². The molecule has 0 saturated heterocycles. The molecule has 0 atom stereocenters. The number of ether oxygens (including phenoxy) is 1. The topological polar surface area (TPSA) is 123 Å². The molecule has 0 bridgehead atoms. The van der Waals surface area contributed by atoms with Gasteiger partial charge in [-0.05, 0) is 0 Å². The Morgan fingerprint density at radius 1 is 1.55 bits per heavy atom. The highest BCUT2D eigenvalue weighted by Crippen LogP contribution is 2.26. The minimum absolute atomic E-state index is 0.0103. The highest BCUT2D eigenvalue weighted by Gasteiger charge is 2.22. The van der Waals surface area contributed by atoms with Gasteiger partial charge in [-0.3, -0.25) is 14.9 Å². The molecule has 0 aliphatic heterocycles. The Morgan fingerprint density at radius 3 is 2.70 bits per heavy atom. The Kier molecular flexibility index (Phi) is 4.95. The van der Waals surface area contributed by atoms with Crippen LogP contribution in [0.25, 0.3) is 0 Å². The molecular formula is C11H13N3O6. The number of esters is 1. The van der Waals surface area contributed by atoms with E-state index in [1.54, 1.807) is 0 Å². The molecule has 9 heteroatoms. The van der Waals surface area contributed by atoms with Crippen LogP contribution in [0.15, 0.2) is 12.3 Å². The average molecular weight is 283 g/mol. The fourth-order valence-electron chi connectivity index (χ4n) is 1.47. The molecule has 0 unspecified atom stereocenters. The average Bonchev–Trinajstić information content (AvgIpc) is 2.43. The van der Waals surface area contributed by atoms with Crippen LogP contribution >= 0.6 is 0 Å². The second kappa shape index (κ2) is 6.45. The monoisotopic (exact) mass is 283 g/mol. The van der Waals surface area contributed by atoms with Gasteiger partial charge in [-0.25, -0.2) is 9.78 Å². The van der Waals surface area contributed by atoms with Gasteiger partial charge in [-0.1, -0.05) is 0 Å². The van der Waals surface area contributed by atoms with Crippen molar-refractivity contribution in [3.05, 3.63) is 27.9 Å². The number of nitrogens with zero attached hydrogens (tertiary/aromatic N) is 3. The molecular weight excluding hydrogens is 270 g/mol. The van der Waals surface area contributed by atoms with Gasteiger partial charge in [0, 0.05) is 25.9 Å². The SMILES string of the molecule is COC(=O)c1cnc(N(C)CCC(=O)O)c([N+](=O)[O-])c1. The van der Waals surface area contributed by atoms with Crippen molar-refractivity contribution >= 4 is 23.4 Å². The van der Waals surface area contributed by atoms with E-state index in [2.05, 4.69) is 9.72 Å². The number of nitro groups is 1. The van der Waals surface area contributed by atoms with Gasteiger partial charge in [0.15, 0.2) is 0 Å². The molecule has 0 radical (unpaired) electrons. The lowest BCUT2D eigenvalue weighted by Crippen LogP contribution is -2.23. The van der Waals surface area contributed by atoms with Gasteiger partial charge < -0.3 is 14.7 Å². The minimum Gasteiger partial charge on any atom is -0.481 e. The zero-order valence-corrected chi connectivity index (χ0v) is 10.9. The molecule has 1 rings (SSSR count). The summed E-state index contributed by atoms with van der Waals surface area (Å²) in [5, 5.41) is 19.6. The van der Waals surface area contributed by atoms with Crippen molar-refractivity contribution < 1.29 is 24.4 Å². The fraction of sp³-hybridized carbons (Fsp3) is 0.364. The summed E-state index contributed by atoms with van der Waals surface area (Å²) in [4.78, 5) is 37.3. The van der Waals surface area contributed by atoms with Gasteiger partial charge >= 0.3 is 17.6 Å². The molecule has 20 heavy (non-hydrogen) atoms. The van der Waals surface area contributed by atoms with Crippen molar-refractivity contribution in [2.75, 3.05) is 25.6 Å². The molecule has 1 N–H and O–H groups in total. The van der Waals surface area contributed by atoms with Crippen LogP contribution in [-0.4, -0.2) is 47.7 Å². The van der Waals surface area contributed by atoms with Crippen LogP contribution in [-0.2, 0) is 9.53 Å². The number of pyridine rings is 1. The second-order valence-corrected chi connectivity index (χ2v) is 3.88. The van der Waals surface area contributed by atoms with Crippen LogP contribution in [0.3, 0.4) is 0 Å². The zero-order valence-electron chi connectivity index (χ0n) is 10.9. The quantitative estimate of drug-likeness (QED) is 0.459. The van der Waals surface area contributed by atoms with E-state index >= 15 is 0 Å². The molecule has 0 aliphatic carbocycles. The predicted molar refractivity (Wildman–Crippen MR) is 67.8 cm³/mol. The van der Waals surface area contributed by atoms with Crippen molar-refractivity contribution in [3.8, 4) is 0 Å². The lowest BCUT2D eigenvalue weighted by molar-refractivity contribution is -0.384. The van der Waals surface area contributed by atoms with E-state index in [0.29, 0.717) is 0 Å². The van der Waals surface area contributed by atoms with Crippen molar-refractivity contribution in [2.24, 2.45) is 0 Å². The number of carbonyl (C=O) groups is 2. The molecule has 1 aromatic heterocycles. The molecule has 0 amide bonds. The summed E-state index contributed by atoms with van der Waals surface area (Å²) in [7, 11) is 2.64. The third-order valence-electron chi connectivity index (χ3n) is 2.49. The van der Waals surface area contributed by atoms with Gasteiger partial charge in [-0.15, -0.1) is 0 Å². The van der Waals surface area contributed by atoms with Gasteiger partial charge in [0.2, 0.25) is 5.82 Å². The first-order valence-electron chi connectivity index (χ1n) is 5.52. The van der Waals surface area contributed by atoms with E-state index in [0.717, 1.165) is 19.4 Å². The van der Waals surface area contributed by atoms with Crippen LogP contribution in [0.5, 0.6) is 0 Å². The van der Waals surface area contributed by atoms with E-state index in [4.69, 9.17) is 5.11 Å². The molecule has 0 spiro atoms. The van der Waals surface area contributed by atoms with Crippen molar-refractivity contribution in [2.45, 2.75) is 6.42 Å². The maximum absolute atomic E-state index is 11.3. The number of aliphatic carboxylic acids is 1. The number of rotatable bonds is 6. The number of anilines is 1. The lowest BCUT2D eigenvalue weighted by Gasteiger charge is -2.16. The van der Waals surface area contributed by atoms with E-state index in [1.807, 2.05) is 0 Å². The molecule has 0 saturated carbocycles. The number of hydrogen-bond donors (Lipinski definition) is 1. The smallest absolute Gasteiger partial charge is 0.339 e. The van der Waals surface area contributed by atoms with Crippen molar-refractivity contribution in [1.29, 1.82) is 0 Å². The zero-order chi connectivity index (χ0) is 15.3. The Hall–Kier alpha value is -2.71. The number of aromatic nitrogens is 1. The number of hydrogen-bond acceptors (Lipinski definition) is 7. The van der Waals surface area contributed by atoms with Gasteiger partial charge in [0.05, 0.1) is 24.0 Å². The maximum atomic E-state index is 11.3. The molecule has 0 aromatic carbocycles. The number of carboxylic acid groups (broad SMARTS) is 1. The Bertz CT molecular complexity index is 545. The summed E-state index contributed by atoms with van der Waals surface area (Å²) in [6.07, 6.45) is 0.958. The number of carboxylic acids is 1. The summed E-state index contributed by atoms with van der Waals surface area (Å²) in [5.74, 6) is -1.77. The maximum Gasteiger partial charge on any atom is 0.339 e. The highest BCUT2D eigenvalue weighted by molar-refractivity contribution is 5.90. The van der Waals surface area contributed by atoms with Crippen LogP contribution in [0, 0.1) is 10.1 Å². The Balaban J connectivity index is 3.10. The van der Waals surface area contributed by atoms with Gasteiger partial charge in [-0.2, -0.15) is 0 Å². The minimum atomic E-state index is -1.02. The summed E-state index contributed by atoms with van der Waals surface area (Å²) in [6, 6.07) is 1.05. The van der Waals surface area contributed by atoms with Crippen molar-refractivity contribution in [1.82, 2.24) is 4.98 Å². The third kappa shape index (κ3) is 3.64. The van der Waals surface area contributed by atoms with Gasteiger partial charge in [0.25, 0.3) is 0 Å². The van der Waals surface area contributed by atoms with E-state index in [9.17, 15) is 19.7 Å². The second-order valence-electron chi connectivity index (χ2n) is 3.88. The molecule has 1 heterocycles. The lowest BCUT2D eigenvalue weighted by atomic mass is 10.2. The summed E-state index contributed by atoms with van der Waals surface area (Å²) in [6.45, 7) is 0.0563. The first-order valence-corrected chi connectivity index (χ1v) is 5.52. The number of carbonyl (C=O) groups excluding carboxylic acids is 1. The number of methoxy groups -OCH3 is 1. The first kappa shape index (κ1) is 15.3. The first-order chi connectivity index (χ1) is 9.36. The standard InChI is InChI=1S/C11H13N3O6/c1-13(4-3-9(15)16)10-8(14(18)19)5-7(6-12-10)11(17)20-2/h5-6H,3-4H2,1-2H3,(H,15,16). The molecule has 108 valence electrons. The predicted octanol–water partition coefficient (Wildman–Crippen LogP) is 0.687. The van der Waals surface area contributed by atoms with Crippen LogP contribution in [0.4, 0.5) is 11.5 Å². The summed E-state index contributed by atoms with van der Waals surface area (Å²) in [5.41, 5.74) is -0.435. The van der Waals surface area contributed by atoms with Gasteiger partial charge in [0.1, 0.15) is 0 Å². The van der Waals surface area contributed by atoms with Crippen LogP contribution in [0.1, 0.15) is 16.8 Å². The third-order valence-corrected chi connectivity index (χ3v) is 2.49. The molecule has 0 fully saturated rings. The normalized spacial score (nSPS) is 9.90. The van der Waals surface area contributed by atoms with E-state index < -0.39 is 16.9 Å². The van der Waals surface area contributed by atoms with Crippen LogP contribution < -0.4 is 4.90 Å². The summed E-state index contributed by atoms with van der Waals surface area (Å²) < 4.78 is 4.46. The molecule has 0 aliphatic rings. The highest BCUT2D eigenvalue weighted by atomic mass is 16.6. The Morgan fingerprint density at radius 2 is 2.20 bits per heavy atom. The largest absolute Gasteiger partial charge is 0.481 e. The van der Waals surface area contributed by atoms with E-state index in [-0.39, 0.29) is 30.0 Å². The van der Waals surface area contributed by atoms with E-state index in [1.165, 1.54) is 11.9 Å². The summed E-state index contributed by atoms with van der Waals surface area (Å²) >= 11 is 0. The fourth-order valence-corrected chi connectivity index (χ4v) is 1.47. The van der Waals surface area contributed by atoms with Crippen LogP contribution in [0.2, 0.25) is 0 Å². The molecule has 1 aromatic rings. The molecule has 9 nitrogen and oxygen atoms in total. The Labute approximate surface area is 113 Å².